The van der Waals surface area contributed by atoms with E-state index in [2.05, 4.69) is 0 Å². The zero-order valence-corrected chi connectivity index (χ0v) is 14.6. The lowest BCUT2D eigenvalue weighted by atomic mass is 9.83. The van der Waals surface area contributed by atoms with Gasteiger partial charge in [-0.25, -0.2) is 4.79 Å². The van der Waals surface area contributed by atoms with Crippen LogP contribution in [0, 0.1) is 12.3 Å². The summed E-state index contributed by atoms with van der Waals surface area (Å²) in [7, 11) is 0. The average molecular weight is 341 g/mol. The van der Waals surface area contributed by atoms with Gasteiger partial charge in [-0.2, -0.15) is 0 Å². The summed E-state index contributed by atoms with van der Waals surface area (Å²) in [6.45, 7) is 7.26. The number of carbonyl (C=O) groups is 2. The molecule has 0 aromatic carbocycles. The first kappa shape index (κ1) is 17.7. The summed E-state index contributed by atoms with van der Waals surface area (Å²) in [5.74, 6) is -0.458. The molecule has 1 aliphatic rings. The highest BCUT2D eigenvalue weighted by Gasteiger charge is 2.47. The quantitative estimate of drug-likeness (QED) is 0.807. The Balaban J connectivity index is 2.31. The number of piperidine rings is 1. The number of carboxylic acid groups (broad SMARTS) is 1. The van der Waals surface area contributed by atoms with Crippen molar-refractivity contribution in [2.75, 3.05) is 13.1 Å². The number of nitrogens with zero attached hydrogens (tertiary/aromatic N) is 1. The standard InChI is InChI=1S/C16H23NO5S/c1-10-7-11(9-23-10)16(21)5-6-17(14(19)20)8-12(16)22-13(18)15(2,3)4/h7,9,12,21H,5-6,8H2,1-4H3,(H,19,20)/t12-,16-/m0/s1. The summed E-state index contributed by atoms with van der Waals surface area (Å²) in [4.78, 5) is 25.7. The molecule has 1 fully saturated rings. The normalized spacial score (nSPS) is 25.3. The van der Waals surface area contributed by atoms with Gasteiger partial charge in [-0.1, -0.05) is 0 Å². The number of rotatable bonds is 2. The van der Waals surface area contributed by atoms with E-state index in [0.717, 1.165) is 4.88 Å². The number of carbonyl (C=O) groups excluding carboxylic acids is 1. The van der Waals surface area contributed by atoms with Gasteiger partial charge in [-0.15, -0.1) is 11.3 Å². The fourth-order valence-electron chi connectivity index (χ4n) is 2.52. The Labute approximate surface area is 139 Å². The molecule has 0 saturated carbocycles. The van der Waals surface area contributed by atoms with Gasteiger partial charge < -0.3 is 19.8 Å². The van der Waals surface area contributed by atoms with Crippen molar-refractivity contribution in [2.45, 2.75) is 45.8 Å². The van der Waals surface area contributed by atoms with Crippen LogP contribution in [-0.2, 0) is 15.1 Å². The SMILES string of the molecule is Cc1cc([C@@]2(O)CCN(C(=O)O)C[C@@H]2OC(=O)C(C)(C)C)cs1. The van der Waals surface area contributed by atoms with Crippen molar-refractivity contribution >= 4 is 23.4 Å². The van der Waals surface area contributed by atoms with E-state index in [1.165, 1.54) is 16.2 Å². The van der Waals surface area contributed by atoms with E-state index in [4.69, 9.17) is 4.74 Å². The molecular weight excluding hydrogens is 318 g/mol. The van der Waals surface area contributed by atoms with E-state index in [1.54, 1.807) is 20.8 Å². The molecule has 1 aromatic heterocycles. The van der Waals surface area contributed by atoms with Gasteiger partial charge in [-0.3, -0.25) is 4.79 Å². The number of hydrogen-bond donors (Lipinski definition) is 2. The van der Waals surface area contributed by atoms with Crippen molar-refractivity contribution < 1.29 is 24.5 Å². The van der Waals surface area contributed by atoms with E-state index >= 15 is 0 Å². The average Bonchev–Trinajstić information content (AvgIpc) is 2.87. The van der Waals surface area contributed by atoms with E-state index in [0.29, 0.717) is 5.56 Å². The number of esters is 1. The molecule has 6 nitrogen and oxygen atoms in total. The van der Waals surface area contributed by atoms with Gasteiger partial charge in [0.1, 0.15) is 5.60 Å². The highest BCUT2D eigenvalue weighted by molar-refractivity contribution is 7.10. The molecule has 0 unspecified atom stereocenters. The second-order valence-electron chi connectivity index (χ2n) is 6.99. The molecule has 2 N–H and O–H groups in total. The minimum atomic E-state index is -1.36. The van der Waals surface area contributed by atoms with Crippen LogP contribution in [0.5, 0.6) is 0 Å². The number of likely N-dealkylation sites (tertiary alicyclic amines) is 1. The van der Waals surface area contributed by atoms with E-state index in [9.17, 15) is 19.8 Å². The Morgan fingerprint density at radius 3 is 2.57 bits per heavy atom. The number of aliphatic hydroxyl groups is 1. The van der Waals surface area contributed by atoms with Crippen molar-refractivity contribution in [3.8, 4) is 0 Å². The fraction of sp³-hybridized carbons (Fsp3) is 0.625. The van der Waals surface area contributed by atoms with Gasteiger partial charge in [0, 0.05) is 17.8 Å². The minimum Gasteiger partial charge on any atom is -0.465 e. The van der Waals surface area contributed by atoms with Crippen LogP contribution in [0.4, 0.5) is 4.79 Å². The topological polar surface area (TPSA) is 87.1 Å². The van der Waals surface area contributed by atoms with E-state index < -0.39 is 29.2 Å². The molecule has 1 aromatic rings. The zero-order chi connectivity index (χ0) is 17.4. The maximum atomic E-state index is 12.2. The maximum absolute atomic E-state index is 12.2. The third-order valence-corrected chi connectivity index (χ3v) is 4.91. The Morgan fingerprint density at radius 2 is 2.09 bits per heavy atom. The maximum Gasteiger partial charge on any atom is 0.407 e. The number of aryl methyl sites for hydroxylation is 1. The van der Waals surface area contributed by atoms with Gasteiger partial charge >= 0.3 is 12.1 Å². The molecular formula is C16H23NO5S. The van der Waals surface area contributed by atoms with Crippen LogP contribution in [0.3, 0.4) is 0 Å². The molecule has 0 radical (unpaired) electrons. The first-order valence-corrected chi connectivity index (χ1v) is 8.39. The summed E-state index contributed by atoms with van der Waals surface area (Å²) in [6.07, 6.45) is -1.81. The fourth-order valence-corrected chi connectivity index (χ4v) is 3.30. The van der Waals surface area contributed by atoms with Gasteiger partial charge in [0.05, 0.1) is 12.0 Å². The van der Waals surface area contributed by atoms with Gasteiger partial charge in [0.25, 0.3) is 0 Å². The third kappa shape index (κ3) is 3.67. The van der Waals surface area contributed by atoms with Crippen LogP contribution < -0.4 is 0 Å². The van der Waals surface area contributed by atoms with Gasteiger partial charge in [0.2, 0.25) is 0 Å². The van der Waals surface area contributed by atoms with Crippen LogP contribution in [0.1, 0.15) is 37.6 Å². The molecule has 1 saturated heterocycles. The summed E-state index contributed by atoms with van der Waals surface area (Å²) in [6, 6.07) is 1.86. The van der Waals surface area contributed by atoms with Crippen LogP contribution in [0.25, 0.3) is 0 Å². The first-order chi connectivity index (χ1) is 10.5. The first-order valence-electron chi connectivity index (χ1n) is 7.51. The smallest absolute Gasteiger partial charge is 0.407 e. The van der Waals surface area contributed by atoms with Gasteiger partial charge in [0.15, 0.2) is 6.10 Å². The summed E-state index contributed by atoms with van der Waals surface area (Å²) < 4.78 is 5.53. The van der Waals surface area contributed by atoms with Crippen LogP contribution in [0.2, 0.25) is 0 Å². The zero-order valence-electron chi connectivity index (χ0n) is 13.8. The lowest BCUT2D eigenvalue weighted by Crippen LogP contribution is -2.56. The monoisotopic (exact) mass is 341 g/mol. The van der Waals surface area contributed by atoms with Crippen LogP contribution in [-0.4, -0.2) is 46.4 Å². The van der Waals surface area contributed by atoms with Crippen LogP contribution in [0.15, 0.2) is 11.4 Å². The molecule has 0 aliphatic carbocycles. The van der Waals surface area contributed by atoms with E-state index in [-0.39, 0.29) is 19.5 Å². The molecule has 128 valence electrons. The Hall–Kier alpha value is -1.60. The molecule has 2 rings (SSSR count). The van der Waals surface area contributed by atoms with Gasteiger partial charge in [-0.05, 0) is 44.7 Å². The number of hydrogen-bond acceptors (Lipinski definition) is 5. The minimum absolute atomic E-state index is 0.0391. The Morgan fingerprint density at radius 1 is 1.43 bits per heavy atom. The van der Waals surface area contributed by atoms with Crippen molar-refractivity contribution in [3.63, 3.8) is 0 Å². The highest BCUT2D eigenvalue weighted by atomic mass is 32.1. The van der Waals surface area contributed by atoms with Crippen molar-refractivity contribution in [3.05, 3.63) is 21.9 Å². The lowest BCUT2D eigenvalue weighted by molar-refractivity contribution is -0.185. The molecule has 0 bridgehead atoms. The number of ether oxygens (including phenoxy) is 1. The van der Waals surface area contributed by atoms with Crippen LogP contribution >= 0.6 is 11.3 Å². The highest BCUT2D eigenvalue weighted by Crippen LogP contribution is 2.38. The molecule has 0 spiro atoms. The largest absolute Gasteiger partial charge is 0.465 e. The van der Waals surface area contributed by atoms with E-state index in [1.807, 2.05) is 18.4 Å². The molecule has 1 amide bonds. The Bertz CT molecular complexity index is 606. The molecule has 23 heavy (non-hydrogen) atoms. The summed E-state index contributed by atoms with van der Waals surface area (Å²) >= 11 is 1.50. The van der Waals surface area contributed by atoms with Crippen molar-refractivity contribution in [1.29, 1.82) is 0 Å². The Kier molecular flexibility index (Phi) is 4.73. The second kappa shape index (κ2) is 6.13. The molecule has 7 heteroatoms. The predicted molar refractivity (Wildman–Crippen MR) is 86.5 cm³/mol. The second-order valence-corrected chi connectivity index (χ2v) is 8.11. The summed E-state index contributed by atoms with van der Waals surface area (Å²) in [5.41, 5.74) is -1.41. The molecule has 2 atom stereocenters. The van der Waals surface area contributed by atoms with Crippen molar-refractivity contribution in [2.24, 2.45) is 5.41 Å². The summed E-state index contributed by atoms with van der Waals surface area (Å²) in [5, 5.41) is 22.2. The lowest BCUT2D eigenvalue weighted by Gasteiger charge is -2.43. The third-order valence-electron chi connectivity index (χ3n) is 4.04. The number of thiophene rings is 1. The predicted octanol–water partition coefficient (Wildman–Crippen LogP) is 2.59. The molecule has 2 heterocycles. The molecule has 1 aliphatic heterocycles. The number of amides is 1. The van der Waals surface area contributed by atoms with Crippen molar-refractivity contribution in [1.82, 2.24) is 4.90 Å².